The molecule has 0 aromatic heterocycles. The number of anilines is 6. The summed E-state index contributed by atoms with van der Waals surface area (Å²) in [6.07, 6.45) is 3.04. The van der Waals surface area contributed by atoms with E-state index < -0.39 is 33.9 Å². The van der Waals surface area contributed by atoms with Crippen molar-refractivity contribution in [3.8, 4) is 5.75 Å². The van der Waals surface area contributed by atoms with E-state index in [4.69, 9.17) is 13.0 Å². The molecule has 320 valence electrons. The van der Waals surface area contributed by atoms with Gasteiger partial charge in [0, 0.05) is 39.2 Å². The normalized spacial score (nSPS) is 12.9. The first-order valence-electron chi connectivity index (χ1n) is 22.2. The zero-order valence-corrected chi connectivity index (χ0v) is 41.6. The predicted octanol–water partition coefficient (Wildman–Crippen LogP) is 15.6. The molecule has 0 saturated carbocycles. The van der Waals surface area contributed by atoms with E-state index in [1.54, 1.807) is 0 Å². The minimum absolute atomic E-state index is 0.645. The van der Waals surface area contributed by atoms with Crippen molar-refractivity contribution in [2.75, 3.05) is 16.4 Å². The zero-order valence-electron chi connectivity index (χ0n) is 37.6. The maximum absolute atomic E-state index is 12.8. The highest BCUT2D eigenvalue weighted by Gasteiger charge is 2.41. The molecule has 0 heterocycles. The highest BCUT2D eigenvalue weighted by atomic mass is 28.5. The first kappa shape index (κ1) is 45.1. The monoisotopic (exact) mass is 890 g/mol. The number of rotatable bonds is 20. The molecule has 0 radical (unpaired) electrons. The van der Waals surface area contributed by atoms with Crippen molar-refractivity contribution in [3.63, 3.8) is 0 Å². The van der Waals surface area contributed by atoms with Gasteiger partial charge in [-0.1, -0.05) is 111 Å². The molecule has 7 rings (SSSR count). The minimum Gasteiger partial charge on any atom is -0.494 e. The van der Waals surface area contributed by atoms with Gasteiger partial charge >= 0.3 is 8.56 Å². The van der Waals surface area contributed by atoms with Crippen LogP contribution in [0.5, 0.6) is 5.75 Å². The van der Waals surface area contributed by atoms with Crippen LogP contribution in [0, 0.1) is 0 Å². The molecule has 7 aromatic carbocycles. The van der Waals surface area contributed by atoms with Crippen molar-refractivity contribution in [1.82, 2.24) is 0 Å². The largest absolute Gasteiger partial charge is 0.494 e. The summed E-state index contributed by atoms with van der Waals surface area (Å²) in [7, 11) is -7.88. The smallest absolute Gasteiger partial charge is 0.311 e. The lowest BCUT2D eigenvalue weighted by molar-refractivity contribution is 0.305. The van der Waals surface area contributed by atoms with Crippen molar-refractivity contribution < 1.29 is 17.4 Å². The number of ether oxygens (including phenoxy) is 1. The maximum atomic E-state index is 12.8. The summed E-state index contributed by atoms with van der Waals surface area (Å²) in [4.78, 5) is 4.69. The Hall–Kier alpha value is -4.95. The van der Waals surface area contributed by atoms with Crippen LogP contribution in [0.3, 0.4) is 0 Å². The first-order valence-corrected chi connectivity index (χ1v) is 33.0. The van der Waals surface area contributed by atoms with Crippen molar-refractivity contribution >= 4 is 89.5 Å². The standard InChI is InChI=1S/C52H62N2O4Si4/c1-8-59(55)41-62(7,58-61(5,6)57-60(2,3)4)40-18-10-17-39-56-48-37-35-47(36-38-48)54(52-30-20-24-43-22-14-16-28-50(43)52)46-33-31-45(32-34-46)53(44-25-11-9-12-26-44)51-29-19-23-42-21-13-15-27-49(42)51/h9,11-16,19-38H,8,10,17-18,39-41H2,1-7H3. The van der Waals surface area contributed by atoms with Crippen molar-refractivity contribution in [2.24, 2.45) is 0 Å². The number of benzene rings is 7. The number of nitrogens with zero attached hydrogens (tertiary/aromatic N) is 2. The SMILES string of the molecule is CC[Si](=O)C[Si](C)(CCCCCOc1ccc(N(c2ccc(N(c3ccccc3)c3cccc4ccccc34)cc2)c2cccc3ccccc23)cc1)O[Si](C)(C)O[Si](C)(C)C. The molecule has 0 aliphatic heterocycles. The number of hydrogen-bond acceptors (Lipinski definition) is 6. The van der Waals surface area contributed by atoms with E-state index in [2.05, 4.69) is 213 Å². The summed E-state index contributed by atoms with van der Waals surface area (Å²) in [5.41, 5.74) is 7.29. The minimum atomic E-state index is -2.31. The molecule has 0 saturated heterocycles. The highest BCUT2D eigenvalue weighted by Crippen LogP contribution is 2.43. The molecule has 7 aromatic rings. The molecule has 0 fully saturated rings. The molecule has 62 heavy (non-hydrogen) atoms. The Balaban J connectivity index is 1.08. The second-order valence-corrected chi connectivity index (χ2v) is 33.2. The molecule has 6 nitrogen and oxygen atoms in total. The first-order chi connectivity index (χ1) is 29.8. The predicted molar refractivity (Wildman–Crippen MR) is 271 cm³/mol. The van der Waals surface area contributed by atoms with Crippen LogP contribution < -0.4 is 14.5 Å². The molecule has 0 spiro atoms. The van der Waals surface area contributed by atoms with Crippen LogP contribution in [0.2, 0.25) is 57.0 Å². The molecule has 0 aliphatic rings. The Morgan fingerprint density at radius 3 is 1.48 bits per heavy atom. The van der Waals surface area contributed by atoms with E-state index in [1.165, 1.54) is 21.5 Å². The van der Waals surface area contributed by atoms with Crippen LogP contribution in [-0.2, 0) is 12.7 Å². The van der Waals surface area contributed by atoms with E-state index in [-0.39, 0.29) is 0 Å². The Bertz CT molecular complexity index is 2550. The number of unbranched alkanes of at least 4 members (excludes halogenated alkanes) is 2. The van der Waals surface area contributed by atoms with Crippen LogP contribution in [0.1, 0.15) is 26.2 Å². The average molecular weight is 891 g/mol. The Kier molecular flexibility index (Phi) is 14.6. The van der Waals surface area contributed by atoms with Gasteiger partial charge in [-0.2, -0.15) is 0 Å². The van der Waals surface area contributed by atoms with Gasteiger partial charge in [-0.3, -0.25) is 0 Å². The summed E-state index contributed by atoms with van der Waals surface area (Å²) in [5.74, 6) is 0.857. The lowest BCUT2D eigenvalue weighted by Gasteiger charge is -2.39. The second-order valence-electron chi connectivity index (χ2n) is 17.9. The van der Waals surface area contributed by atoms with Crippen LogP contribution in [0.25, 0.3) is 21.5 Å². The van der Waals surface area contributed by atoms with Crippen LogP contribution in [0.15, 0.2) is 164 Å². The van der Waals surface area contributed by atoms with Gasteiger partial charge in [-0.25, -0.2) is 0 Å². The molecule has 0 N–H and O–H groups in total. The highest BCUT2D eigenvalue weighted by molar-refractivity contribution is 6.90. The summed E-state index contributed by atoms with van der Waals surface area (Å²) in [5, 5.41) is 4.78. The maximum Gasteiger partial charge on any atom is 0.311 e. The Labute approximate surface area is 374 Å². The van der Waals surface area contributed by atoms with Gasteiger partial charge in [0.1, 0.15) is 5.75 Å². The van der Waals surface area contributed by atoms with Gasteiger partial charge in [0.2, 0.25) is 0 Å². The fourth-order valence-corrected chi connectivity index (χ4v) is 27.3. The van der Waals surface area contributed by atoms with E-state index in [1.807, 2.05) is 6.92 Å². The van der Waals surface area contributed by atoms with Gasteiger partial charge < -0.3 is 27.2 Å². The van der Waals surface area contributed by atoms with Gasteiger partial charge in [-0.15, -0.1) is 0 Å². The molecule has 1 atom stereocenters. The topological polar surface area (TPSA) is 51.2 Å². The summed E-state index contributed by atoms with van der Waals surface area (Å²) < 4.78 is 32.6. The van der Waals surface area contributed by atoms with Crippen molar-refractivity contribution in [1.29, 1.82) is 0 Å². The number of hydrogen-bond donors (Lipinski definition) is 0. The number of para-hydroxylation sites is 1. The van der Waals surface area contributed by atoms with E-state index in [9.17, 15) is 4.46 Å². The van der Waals surface area contributed by atoms with Crippen LogP contribution in [0.4, 0.5) is 34.1 Å². The van der Waals surface area contributed by atoms with Crippen LogP contribution >= 0.6 is 0 Å². The molecular weight excluding hydrogens is 829 g/mol. The zero-order chi connectivity index (χ0) is 43.7. The third kappa shape index (κ3) is 11.5. The van der Waals surface area contributed by atoms with E-state index in [0.29, 0.717) is 6.61 Å². The third-order valence-corrected chi connectivity index (χ3v) is 26.2. The lowest BCUT2D eigenvalue weighted by atomic mass is 10.1. The molecular formula is C52H62N2O4Si4. The quantitative estimate of drug-likeness (QED) is 0.0561. The van der Waals surface area contributed by atoms with Gasteiger partial charge in [0.25, 0.3) is 8.68 Å². The van der Waals surface area contributed by atoms with Crippen molar-refractivity contribution in [3.05, 3.63) is 164 Å². The van der Waals surface area contributed by atoms with Gasteiger partial charge in [0.15, 0.2) is 16.6 Å². The number of fused-ring (bicyclic) bond motifs is 2. The fraction of sp³-hybridized carbons (Fsp3) is 0.269. The molecule has 10 heteroatoms. The Morgan fingerprint density at radius 2 is 0.968 bits per heavy atom. The van der Waals surface area contributed by atoms with Gasteiger partial charge in [-0.05, 0) is 141 Å². The molecule has 0 aliphatic carbocycles. The van der Waals surface area contributed by atoms with Gasteiger partial charge in [0.05, 0.1) is 18.0 Å². The van der Waals surface area contributed by atoms with Crippen molar-refractivity contribution in [2.45, 2.75) is 83.2 Å². The molecule has 1 unspecified atom stereocenters. The second kappa shape index (κ2) is 20.0. The third-order valence-electron chi connectivity index (χ3n) is 11.1. The van der Waals surface area contributed by atoms with E-state index in [0.717, 1.165) is 76.9 Å². The van der Waals surface area contributed by atoms with E-state index >= 15 is 0 Å². The summed E-state index contributed by atoms with van der Waals surface area (Å²) in [6.45, 7) is 16.0. The molecule has 0 amide bonds. The average Bonchev–Trinajstić information content (AvgIpc) is 3.25. The lowest BCUT2D eigenvalue weighted by Crippen LogP contribution is -2.53. The summed E-state index contributed by atoms with van der Waals surface area (Å²) in [6, 6.07) is 59.9. The Morgan fingerprint density at radius 1 is 0.500 bits per heavy atom. The fourth-order valence-electron chi connectivity index (χ4n) is 8.72. The summed E-state index contributed by atoms with van der Waals surface area (Å²) >= 11 is 0. The van der Waals surface area contributed by atoms with Crippen LogP contribution in [-0.4, -0.2) is 40.5 Å². The molecule has 0 bridgehead atoms.